The van der Waals surface area contributed by atoms with Crippen molar-refractivity contribution >= 4 is 56.5 Å². The smallest absolute Gasteiger partial charge is 0.260 e. The second-order valence-electron chi connectivity index (χ2n) is 5.54. The van der Waals surface area contributed by atoms with Crippen LogP contribution in [-0.2, 0) is 9.59 Å². The van der Waals surface area contributed by atoms with Crippen molar-refractivity contribution in [2.45, 2.75) is 19.0 Å². The van der Waals surface area contributed by atoms with Crippen molar-refractivity contribution in [1.82, 2.24) is 9.97 Å². The van der Waals surface area contributed by atoms with Crippen LogP contribution >= 0.6 is 23.1 Å². The van der Waals surface area contributed by atoms with E-state index in [1.54, 1.807) is 30.3 Å². The Bertz CT molecular complexity index is 1020. The Balaban J connectivity index is 1.60. The predicted molar refractivity (Wildman–Crippen MR) is 105 cm³/mol. The highest BCUT2D eigenvalue weighted by Gasteiger charge is 2.10. The first kappa shape index (κ1) is 18.2. The largest absolute Gasteiger partial charge is 0.326 e. The Morgan fingerprint density at radius 2 is 1.85 bits per heavy atom. The third-order valence-electron chi connectivity index (χ3n) is 3.33. The van der Waals surface area contributed by atoms with Crippen molar-refractivity contribution in [2.24, 2.45) is 0 Å². The van der Waals surface area contributed by atoms with Crippen molar-refractivity contribution in [1.29, 1.82) is 0 Å². The number of nitrogens with zero attached hydrogens (tertiary/aromatic N) is 1. The average Bonchev–Trinajstić information content (AvgIpc) is 2.95. The van der Waals surface area contributed by atoms with Gasteiger partial charge in [-0.3, -0.25) is 14.4 Å². The van der Waals surface area contributed by atoms with Gasteiger partial charge in [0.25, 0.3) is 5.56 Å². The lowest BCUT2D eigenvalue weighted by Gasteiger charge is -2.06. The first-order valence-corrected chi connectivity index (χ1v) is 9.51. The fourth-order valence-corrected chi connectivity index (χ4v) is 3.87. The molecule has 1 aromatic carbocycles. The number of aryl methyl sites for hydroxylation is 1. The lowest BCUT2D eigenvalue weighted by atomic mass is 10.3. The number of aromatic nitrogens is 2. The van der Waals surface area contributed by atoms with Gasteiger partial charge in [-0.1, -0.05) is 11.8 Å². The Hall–Kier alpha value is -2.65. The Labute approximate surface area is 157 Å². The molecule has 0 spiro atoms. The molecule has 9 heteroatoms. The van der Waals surface area contributed by atoms with Gasteiger partial charge in [-0.15, -0.1) is 11.3 Å². The van der Waals surface area contributed by atoms with Crippen LogP contribution in [0.15, 0.2) is 40.3 Å². The van der Waals surface area contributed by atoms with E-state index in [-0.39, 0.29) is 23.1 Å². The highest BCUT2D eigenvalue weighted by molar-refractivity contribution is 7.99. The van der Waals surface area contributed by atoms with Gasteiger partial charge < -0.3 is 15.6 Å². The summed E-state index contributed by atoms with van der Waals surface area (Å²) in [5.41, 5.74) is 1.08. The summed E-state index contributed by atoms with van der Waals surface area (Å²) in [4.78, 5) is 43.9. The van der Waals surface area contributed by atoms with Crippen molar-refractivity contribution in [2.75, 3.05) is 16.4 Å². The molecule has 0 aliphatic carbocycles. The number of carbonyl (C=O) groups excluding carboxylic acids is 2. The molecule has 3 aromatic rings. The summed E-state index contributed by atoms with van der Waals surface area (Å²) in [6.07, 6.45) is 0. The van der Waals surface area contributed by atoms with E-state index in [2.05, 4.69) is 20.6 Å². The van der Waals surface area contributed by atoms with E-state index in [4.69, 9.17) is 0 Å². The Morgan fingerprint density at radius 3 is 2.50 bits per heavy atom. The molecular formula is C17H16N4O3S2. The summed E-state index contributed by atoms with van der Waals surface area (Å²) >= 11 is 2.62. The summed E-state index contributed by atoms with van der Waals surface area (Å²) in [5, 5.41) is 6.40. The molecule has 26 heavy (non-hydrogen) atoms. The second-order valence-corrected chi connectivity index (χ2v) is 7.74. The molecule has 7 nitrogen and oxygen atoms in total. The van der Waals surface area contributed by atoms with E-state index in [0.717, 1.165) is 4.88 Å². The molecule has 0 bridgehead atoms. The minimum Gasteiger partial charge on any atom is -0.326 e. The molecule has 2 aromatic heterocycles. The van der Waals surface area contributed by atoms with Crippen LogP contribution in [0.1, 0.15) is 11.8 Å². The molecule has 0 fully saturated rings. The Morgan fingerprint density at radius 1 is 1.19 bits per heavy atom. The molecule has 0 unspecified atom stereocenters. The molecule has 3 rings (SSSR count). The fourth-order valence-electron chi connectivity index (χ4n) is 2.27. The van der Waals surface area contributed by atoms with Gasteiger partial charge >= 0.3 is 0 Å². The van der Waals surface area contributed by atoms with E-state index in [0.29, 0.717) is 26.7 Å². The maximum atomic E-state index is 12.1. The highest BCUT2D eigenvalue weighted by atomic mass is 32.2. The number of fused-ring (bicyclic) bond motifs is 1. The monoisotopic (exact) mass is 388 g/mol. The number of aromatic amines is 1. The van der Waals surface area contributed by atoms with Crippen LogP contribution in [0.4, 0.5) is 11.4 Å². The number of hydrogen-bond acceptors (Lipinski definition) is 6. The van der Waals surface area contributed by atoms with Gasteiger partial charge in [0.1, 0.15) is 4.83 Å². The van der Waals surface area contributed by atoms with Gasteiger partial charge in [-0.05, 0) is 37.3 Å². The number of benzene rings is 1. The first-order valence-electron chi connectivity index (χ1n) is 7.71. The molecule has 0 aliphatic rings. The number of H-pyrrole nitrogens is 1. The SMILES string of the molecule is CC(=O)Nc1ccc(NC(=O)CSc2nc3sc(C)cc3c(=O)[nH]2)cc1. The molecule has 0 radical (unpaired) electrons. The number of thiophene rings is 1. The first-order chi connectivity index (χ1) is 12.4. The number of thioether (sulfide) groups is 1. The van der Waals surface area contributed by atoms with Crippen LogP contribution in [0.25, 0.3) is 10.2 Å². The van der Waals surface area contributed by atoms with E-state index in [9.17, 15) is 14.4 Å². The van der Waals surface area contributed by atoms with Gasteiger partial charge in [-0.25, -0.2) is 4.98 Å². The maximum absolute atomic E-state index is 12.1. The van der Waals surface area contributed by atoms with Crippen LogP contribution in [0.3, 0.4) is 0 Å². The van der Waals surface area contributed by atoms with Crippen molar-refractivity contribution in [3.05, 3.63) is 45.6 Å². The predicted octanol–water partition coefficient (Wildman–Crippen LogP) is 2.98. The molecular weight excluding hydrogens is 372 g/mol. The molecule has 3 N–H and O–H groups in total. The van der Waals surface area contributed by atoms with Crippen LogP contribution in [-0.4, -0.2) is 27.5 Å². The van der Waals surface area contributed by atoms with Crippen LogP contribution < -0.4 is 16.2 Å². The fraction of sp³-hybridized carbons (Fsp3) is 0.176. The highest BCUT2D eigenvalue weighted by Crippen LogP contribution is 2.22. The van der Waals surface area contributed by atoms with Crippen molar-refractivity contribution < 1.29 is 9.59 Å². The number of amides is 2. The summed E-state index contributed by atoms with van der Waals surface area (Å²) in [5.74, 6) is -0.253. The maximum Gasteiger partial charge on any atom is 0.260 e. The minimum atomic E-state index is -0.215. The van der Waals surface area contributed by atoms with Crippen molar-refractivity contribution in [3.8, 4) is 0 Å². The number of rotatable bonds is 5. The van der Waals surface area contributed by atoms with E-state index in [1.165, 1.54) is 30.0 Å². The minimum absolute atomic E-state index is 0.117. The zero-order valence-corrected chi connectivity index (χ0v) is 15.7. The Kier molecular flexibility index (Phi) is 5.38. The number of carbonyl (C=O) groups is 2. The van der Waals surface area contributed by atoms with Gasteiger partial charge in [-0.2, -0.15) is 0 Å². The average molecular weight is 388 g/mol. The van der Waals surface area contributed by atoms with Gasteiger partial charge in [0.05, 0.1) is 11.1 Å². The van der Waals surface area contributed by atoms with Gasteiger partial charge in [0, 0.05) is 23.2 Å². The third-order valence-corrected chi connectivity index (χ3v) is 5.15. The zero-order valence-electron chi connectivity index (χ0n) is 14.1. The van der Waals surface area contributed by atoms with E-state index in [1.807, 2.05) is 6.92 Å². The van der Waals surface area contributed by atoms with Crippen LogP contribution in [0.2, 0.25) is 0 Å². The topological polar surface area (TPSA) is 104 Å². The summed E-state index contributed by atoms with van der Waals surface area (Å²) < 4.78 is 0. The van der Waals surface area contributed by atoms with E-state index < -0.39 is 0 Å². The molecule has 0 saturated heterocycles. The molecule has 2 heterocycles. The molecule has 0 aliphatic heterocycles. The lowest BCUT2D eigenvalue weighted by molar-refractivity contribution is -0.114. The number of hydrogen-bond donors (Lipinski definition) is 3. The van der Waals surface area contributed by atoms with Crippen LogP contribution in [0, 0.1) is 6.92 Å². The molecule has 0 saturated carbocycles. The van der Waals surface area contributed by atoms with Gasteiger partial charge in [0.15, 0.2) is 5.16 Å². The normalized spacial score (nSPS) is 10.7. The van der Waals surface area contributed by atoms with E-state index >= 15 is 0 Å². The summed E-state index contributed by atoms with van der Waals surface area (Å²) in [7, 11) is 0. The van der Waals surface area contributed by atoms with Crippen LogP contribution in [0.5, 0.6) is 0 Å². The molecule has 2 amide bonds. The second kappa shape index (κ2) is 7.71. The van der Waals surface area contributed by atoms with Gasteiger partial charge in [0.2, 0.25) is 11.8 Å². The standard InChI is InChI=1S/C17H16N4O3S2/c1-9-7-13-15(24)20-17(21-16(13)26-9)25-8-14(23)19-12-5-3-11(4-6-12)18-10(2)22/h3-7H,8H2,1-2H3,(H,18,22)(H,19,23)(H,20,21,24). The summed E-state index contributed by atoms with van der Waals surface area (Å²) in [6, 6.07) is 8.62. The van der Waals surface area contributed by atoms with Crippen molar-refractivity contribution in [3.63, 3.8) is 0 Å². The third kappa shape index (κ3) is 4.50. The number of nitrogens with one attached hydrogen (secondary N) is 3. The molecule has 0 atom stereocenters. The number of anilines is 2. The zero-order chi connectivity index (χ0) is 18.7. The molecule has 134 valence electrons. The lowest BCUT2D eigenvalue weighted by Crippen LogP contribution is -2.15. The quantitative estimate of drug-likeness (QED) is 0.460. The summed E-state index contributed by atoms with van der Waals surface area (Å²) in [6.45, 7) is 3.35.